The number of rotatable bonds is 1. The molecule has 1 aliphatic heterocycles. The topological polar surface area (TPSA) is 93.4 Å². The largest absolute Gasteiger partial charge is 0.474 e. The number of carbonyl (C=O) groups excluding carboxylic acids is 1. The van der Waals surface area contributed by atoms with E-state index in [-0.39, 0.29) is 0 Å². The molecule has 0 saturated carbocycles. The van der Waals surface area contributed by atoms with Crippen molar-refractivity contribution in [1.29, 1.82) is 5.26 Å². The number of likely N-dealkylation sites (tertiary alicyclic amines) is 1. The summed E-state index contributed by atoms with van der Waals surface area (Å²) in [6.45, 7) is 1.35. The first kappa shape index (κ1) is 11.5. The quantitative estimate of drug-likeness (QED) is 0.552. The van der Waals surface area contributed by atoms with Crippen LogP contribution in [0.1, 0.15) is 12.8 Å². The van der Waals surface area contributed by atoms with Gasteiger partial charge < -0.3 is 15.3 Å². The van der Waals surface area contributed by atoms with Crippen molar-refractivity contribution >= 4 is 11.9 Å². The van der Waals surface area contributed by atoms with E-state index >= 15 is 0 Å². The summed E-state index contributed by atoms with van der Waals surface area (Å²) >= 11 is 0. The van der Waals surface area contributed by atoms with Crippen molar-refractivity contribution < 1.29 is 14.7 Å². The van der Waals surface area contributed by atoms with E-state index in [1.807, 2.05) is 18.0 Å². The Morgan fingerprint density at radius 1 is 1.47 bits per heavy atom. The molecule has 0 unspecified atom stereocenters. The number of aliphatic carboxylic acids is 1. The van der Waals surface area contributed by atoms with Crippen LogP contribution in [0.2, 0.25) is 0 Å². The minimum atomic E-state index is -1.55. The number of hydrogen-bond acceptors (Lipinski definition) is 4. The third-order valence-electron chi connectivity index (χ3n) is 2.60. The van der Waals surface area contributed by atoms with Crippen LogP contribution in [0, 0.1) is 11.3 Å². The van der Waals surface area contributed by atoms with Crippen molar-refractivity contribution in [2.24, 2.45) is 0 Å². The molecule has 0 aromatic carbocycles. The lowest BCUT2D eigenvalue weighted by Gasteiger charge is -2.35. The summed E-state index contributed by atoms with van der Waals surface area (Å²) in [4.78, 5) is 23.4. The average Bonchev–Trinajstić information content (AvgIpc) is 2.21. The minimum Gasteiger partial charge on any atom is -0.474 e. The first-order valence-electron chi connectivity index (χ1n) is 4.64. The first-order valence-corrected chi connectivity index (χ1v) is 4.64. The van der Waals surface area contributed by atoms with E-state index in [2.05, 4.69) is 5.32 Å². The van der Waals surface area contributed by atoms with Crippen molar-refractivity contribution in [2.45, 2.75) is 18.4 Å². The van der Waals surface area contributed by atoms with Gasteiger partial charge in [-0.05, 0) is 19.9 Å². The Bertz CT molecular complexity index is 313. The smallest absolute Gasteiger partial charge is 0.394 e. The number of carboxylic acid groups (broad SMARTS) is 1. The molecule has 0 aliphatic carbocycles. The molecule has 1 fully saturated rings. The van der Waals surface area contributed by atoms with Crippen LogP contribution in [0.5, 0.6) is 0 Å². The van der Waals surface area contributed by atoms with Gasteiger partial charge in [0, 0.05) is 13.1 Å². The van der Waals surface area contributed by atoms with Gasteiger partial charge in [-0.15, -0.1) is 0 Å². The number of hydrogen-bond donors (Lipinski definition) is 2. The van der Waals surface area contributed by atoms with Crippen LogP contribution in [0.15, 0.2) is 0 Å². The van der Waals surface area contributed by atoms with Crippen LogP contribution in [0.3, 0.4) is 0 Å². The maximum atomic E-state index is 11.0. The lowest BCUT2D eigenvalue weighted by atomic mass is 9.89. The van der Waals surface area contributed by atoms with Gasteiger partial charge in [0.05, 0.1) is 6.07 Å². The average molecular weight is 211 g/mol. The predicted octanol–water partition coefficient (Wildman–Crippen LogP) is -0.825. The zero-order chi connectivity index (χ0) is 11.5. The molecular formula is C9H13N3O3. The van der Waals surface area contributed by atoms with Gasteiger partial charge in [-0.1, -0.05) is 0 Å². The van der Waals surface area contributed by atoms with Gasteiger partial charge in [-0.3, -0.25) is 4.79 Å². The highest BCUT2D eigenvalue weighted by atomic mass is 16.4. The third-order valence-corrected chi connectivity index (χ3v) is 2.60. The second-order valence-electron chi connectivity index (χ2n) is 3.76. The number of carboxylic acids is 1. The molecule has 2 N–H and O–H groups in total. The molecule has 0 spiro atoms. The fourth-order valence-corrected chi connectivity index (χ4v) is 1.54. The second kappa shape index (κ2) is 4.28. The van der Waals surface area contributed by atoms with E-state index in [9.17, 15) is 9.59 Å². The number of nitriles is 1. The highest BCUT2D eigenvalue weighted by molar-refractivity contribution is 6.31. The monoisotopic (exact) mass is 211 g/mol. The predicted molar refractivity (Wildman–Crippen MR) is 50.9 cm³/mol. The van der Waals surface area contributed by atoms with Crippen LogP contribution < -0.4 is 5.32 Å². The van der Waals surface area contributed by atoms with Crippen molar-refractivity contribution in [1.82, 2.24) is 10.2 Å². The van der Waals surface area contributed by atoms with Gasteiger partial charge in [0.2, 0.25) is 0 Å². The Morgan fingerprint density at radius 3 is 2.40 bits per heavy atom. The van der Waals surface area contributed by atoms with Crippen LogP contribution in [-0.4, -0.2) is 47.6 Å². The van der Waals surface area contributed by atoms with E-state index in [4.69, 9.17) is 10.4 Å². The molecule has 1 saturated heterocycles. The van der Waals surface area contributed by atoms with Gasteiger partial charge in [0.25, 0.3) is 0 Å². The molecule has 1 heterocycles. The molecule has 0 atom stereocenters. The van der Waals surface area contributed by atoms with Crippen LogP contribution in [0.25, 0.3) is 0 Å². The summed E-state index contributed by atoms with van der Waals surface area (Å²) in [7, 11) is 1.92. The summed E-state index contributed by atoms with van der Waals surface area (Å²) in [5.41, 5.74) is -1.01. The number of carbonyl (C=O) groups is 2. The molecule has 0 bridgehead atoms. The van der Waals surface area contributed by atoms with Crippen molar-refractivity contribution in [3.05, 3.63) is 0 Å². The van der Waals surface area contributed by atoms with Crippen LogP contribution in [0.4, 0.5) is 0 Å². The van der Waals surface area contributed by atoms with Gasteiger partial charge in [0.1, 0.15) is 5.54 Å². The Kier molecular flexibility index (Phi) is 3.27. The van der Waals surface area contributed by atoms with Gasteiger partial charge >= 0.3 is 11.9 Å². The van der Waals surface area contributed by atoms with Gasteiger partial charge in [-0.25, -0.2) is 4.79 Å². The Morgan fingerprint density at radius 2 is 2.00 bits per heavy atom. The summed E-state index contributed by atoms with van der Waals surface area (Å²) in [5.74, 6) is -2.66. The molecule has 1 amide bonds. The number of piperidine rings is 1. The molecule has 15 heavy (non-hydrogen) atoms. The Balaban J connectivity index is 2.67. The number of amides is 1. The maximum Gasteiger partial charge on any atom is 0.394 e. The van der Waals surface area contributed by atoms with Crippen molar-refractivity contribution in [2.75, 3.05) is 20.1 Å². The molecule has 0 aromatic rings. The van der Waals surface area contributed by atoms with Crippen LogP contribution in [-0.2, 0) is 9.59 Å². The summed E-state index contributed by atoms with van der Waals surface area (Å²) in [6.07, 6.45) is 0.915. The van der Waals surface area contributed by atoms with E-state index < -0.39 is 17.4 Å². The molecule has 1 aliphatic rings. The SMILES string of the molecule is CN1CCC(C#N)(NC(=O)C(=O)O)CC1. The standard InChI is InChI=1S/C9H13N3O3/c1-12-4-2-9(6-10,3-5-12)11-7(13)8(14)15/h2-5H2,1H3,(H,11,13)(H,14,15). The first-order chi connectivity index (χ1) is 6.99. The van der Waals surface area contributed by atoms with E-state index in [0.29, 0.717) is 25.9 Å². The normalized spacial score (nSPS) is 20.3. The fraction of sp³-hybridized carbons (Fsp3) is 0.667. The highest BCUT2D eigenvalue weighted by Gasteiger charge is 2.36. The fourth-order valence-electron chi connectivity index (χ4n) is 1.54. The summed E-state index contributed by atoms with van der Waals surface area (Å²) < 4.78 is 0. The highest BCUT2D eigenvalue weighted by Crippen LogP contribution is 2.20. The van der Waals surface area contributed by atoms with Gasteiger partial charge in [-0.2, -0.15) is 5.26 Å². The lowest BCUT2D eigenvalue weighted by Crippen LogP contribution is -2.55. The zero-order valence-electron chi connectivity index (χ0n) is 8.49. The molecule has 0 aromatic heterocycles. The lowest BCUT2D eigenvalue weighted by molar-refractivity contribution is -0.151. The van der Waals surface area contributed by atoms with E-state index in [0.717, 1.165) is 0 Å². The van der Waals surface area contributed by atoms with E-state index in [1.165, 1.54) is 0 Å². The van der Waals surface area contributed by atoms with Crippen molar-refractivity contribution in [3.8, 4) is 6.07 Å². The van der Waals surface area contributed by atoms with E-state index in [1.54, 1.807) is 0 Å². The number of nitrogens with zero attached hydrogens (tertiary/aromatic N) is 2. The maximum absolute atomic E-state index is 11.0. The molecule has 0 radical (unpaired) electrons. The van der Waals surface area contributed by atoms with Crippen molar-refractivity contribution in [3.63, 3.8) is 0 Å². The Hall–Kier alpha value is -1.61. The zero-order valence-corrected chi connectivity index (χ0v) is 8.49. The van der Waals surface area contributed by atoms with Crippen LogP contribution >= 0.6 is 0 Å². The molecule has 6 heteroatoms. The summed E-state index contributed by atoms with van der Waals surface area (Å²) in [5, 5.41) is 19.7. The number of nitrogens with one attached hydrogen (secondary N) is 1. The molecular weight excluding hydrogens is 198 g/mol. The summed E-state index contributed by atoms with van der Waals surface area (Å²) in [6, 6.07) is 2.00. The molecule has 6 nitrogen and oxygen atoms in total. The van der Waals surface area contributed by atoms with Gasteiger partial charge in [0.15, 0.2) is 0 Å². The second-order valence-corrected chi connectivity index (χ2v) is 3.76. The third kappa shape index (κ3) is 2.67. The molecule has 82 valence electrons. The molecule has 1 rings (SSSR count). The minimum absolute atomic E-state index is 0.457. The Labute approximate surface area is 87.5 Å².